The highest BCUT2D eigenvalue weighted by Gasteiger charge is 2.23. The third kappa shape index (κ3) is 4.20. The molecule has 0 aliphatic carbocycles. The molecule has 28 heavy (non-hydrogen) atoms. The molecule has 0 saturated carbocycles. The maximum absolute atomic E-state index is 12.6. The summed E-state index contributed by atoms with van der Waals surface area (Å²) < 4.78 is 0. The van der Waals surface area contributed by atoms with Crippen LogP contribution in [0.2, 0.25) is 0 Å². The lowest BCUT2D eigenvalue weighted by atomic mass is 10.2. The summed E-state index contributed by atoms with van der Waals surface area (Å²) in [7, 11) is 0. The van der Waals surface area contributed by atoms with Crippen molar-refractivity contribution in [3.63, 3.8) is 0 Å². The molecule has 1 saturated heterocycles. The first-order valence-corrected chi connectivity index (χ1v) is 9.86. The number of nitrogens with zero attached hydrogens (tertiary/aromatic N) is 5. The summed E-state index contributed by atoms with van der Waals surface area (Å²) in [5.41, 5.74) is 1.55. The summed E-state index contributed by atoms with van der Waals surface area (Å²) >= 11 is 1.42. The van der Waals surface area contributed by atoms with Gasteiger partial charge in [-0.05, 0) is 18.2 Å². The molecule has 1 amide bonds. The molecular formula is C19H20N6O2S. The third-order valence-electron chi connectivity index (χ3n) is 4.52. The van der Waals surface area contributed by atoms with E-state index in [0.29, 0.717) is 37.3 Å². The molecule has 4 rings (SSSR count). The number of thiazole rings is 1. The van der Waals surface area contributed by atoms with Crippen LogP contribution in [0.3, 0.4) is 0 Å². The summed E-state index contributed by atoms with van der Waals surface area (Å²) in [5, 5.41) is 15.6. The molecule has 1 fully saturated rings. The standard InChI is InChI=1S/C19H20N6O2S/c26-16-5-2-1-4-15(16)24-8-10-25(11-9-24)17(27)12-14-13-28-19(22-14)23-18-20-6-3-7-21-18/h1-7,13,26H,8-12H2,(H,20,21,22,23). The quantitative estimate of drug-likeness (QED) is 0.683. The molecule has 3 heterocycles. The first kappa shape index (κ1) is 18.2. The van der Waals surface area contributed by atoms with E-state index >= 15 is 0 Å². The number of hydrogen-bond acceptors (Lipinski definition) is 8. The molecule has 0 radical (unpaired) electrons. The first-order valence-electron chi connectivity index (χ1n) is 8.98. The number of carbonyl (C=O) groups is 1. The second-order valence-corrected chi connectivity index (χ2v) is 7.23. The lowest BCUT2D eigenvalue weighted by molar-refractivity contribution is -0.130. The fourth-order valence-corrected chi connectivity index (χ4v) is 3.80. The molecule has 8 nitrogen and oxygen atoms in total. The van der Waals surface area contributed by atoms with Gasteiger partial charge in [0.1, 0.15) is 5.75 Å². The summed E-state index contributed by atoms with van der Waals surface area (Å²) in [6, 6.07) is 9.03. The Morgan fingerprint density at radius 3 is 2.61 bits per heavy atom. The zero-order valence-electron chi connectivity index (χ0n) is 15.2. The number of phenolic OH excluding ortho intramolecular Hbond substituents is 1. The van der Waals surface area contributed by atoms with Crippen molar-refractivity contribution in [2.45, 2.75) is 6.42 Å². The van der Waals surface area contributed by atoms with Crippen molar-refractivity contribution >= 4 is 34.0 Å². The van der Waals surface area contributed by atoms with Gasteiger partial charge in [-0.15, -0.1) is 11.3 Å². The lowest BCUT2D eigenvalue weighted by Crippen LogP contribution is -2.49. The van der Waals surface area contributed by atoms with E-state index in [-0.39, 0.29) is 18.1 Å². The molecule has 0 bridgehead atoms. The van der Waals surface area contributed by atoms with Crippen LogP contribution in [0.15, 0.2) is 48.1 Å². The van der Waals surface area contributed by atoms with Crippen LogP contribution in [0.5, 0.6) is 5.75 Å². The molecule has 2 aromatic heterocycles. The van der Waals surface area contributed by atoms with Crippen LogP contribution in [0.4, 0.5) is 16.8 Å². The number of aromatic hydroxyl groups is 1. The van der Waals surface area contributed by atoms with Crippen molar-refractivity contribution < 1.29 is 9.90 Å². The van der Waals surface area contributed by atoms with Crippen molar-refractivity contribution in [1.29, 1.82) is 0 Å². The van der Waals surface area contributed by atoms with Crippen molar-refractivity contribution in [2.75, 3.05) is 36.4 Å². The highest BCUT2D eigenvalue weighted by Crippen LogP contribution is 2.27. The van der Waals surface area contributed by atoms with E-state index in [1.807, 2.05) is 22.4 Å². The number of amides is 1. The molecule has 2 N–H and O–H groups in total. The number of carbonyl (C=O) groups excluding carboxylic acids is 1. The molecule has 0 spiro atoms. The van der Waals surface area contributed by atoms with Gasteiger partial charge in [-0.2, -0.15) is 0 Å². The maximum atomic E-state index is 12.6. The molecule has 0 unspecified atom stereocenters. The highest BCUT2D eigenvalue weighted by atomic mass is 32.1. The molecular weight excluding hydrogens is 376 g/mol. The fraction of sp³-hybridized carbons (Fsp3) is 0.263. The zero-order chi connectivity index (χ0) is 19.3. The molecule has 1 aliphatic rings. The van der Waals surface area contributed by atoms with E-state index in [2.05, 4.69) is 25.2 Å². The number of para-hydroxylation sites is 2. The van der Waals surface area contributed by atoms with E-state index in [9.17, 15) is 9.90 Å². The predicted molar refractivity (Wildman–Crippen MR) is 108 cm³/mol. The zero-order valence-corrected chi connectivity index (χ0v) is 16.0. The van der Waals surface area contributed by atoms with Gasteiger partial charge in [0.25, 0.3) is 0 Å². The van der Waals surface area contributed by atoms with Crippen LogP contribution >= 0.6 is 11.3 Å². The monoisotopic (exact) mass is 396 g/mol. The van der Waals surface area contributed by atoms with Crippen LogP contribution in [0.25, 0.3) is 0 Å². The van der Waals surface area contributed by atoms with Gasteiger partial charge in [0.15, 0.2) is 5.13 Å². The number of rotatable bonds is 5. The van der Waals surface area contributed by atoms with Crippen LogP contribution in [0.1, 0.15) is 5.69 Å². The number of anilines is 3. The summed E-state index contributed by atoms with van der Waals surface area (Å²) in [5.74, 6) is 0.812. The minimum atomic E-state index is 0.0599. The minimum Gasteiger partial charge on any atom is -0.506 e. The van der Waals surface area contributed by atoms with Gasteiger partial charge < -0.3 is 20.2 Å². The van der Waals surface area contributed by atoms with Crippen molar-refractivity contribution in [2.24, 2.45) is 0 Å². The van der Waals surface area contributed by atoms with E-state index in [1.165, 1.54) is 11.3 Å². The lowest BCUT2D eigenvalue weighted by Gasteiger charge is -2.36. The average molecular weight is 396 g/mol. The predicted octanol–water partition coefficient (Wildman–Crippen LogP) is 2.27. The van der Waals surface area contributed by atoms with E-state index in [0.717, 1.165) is 11.4 Å². The second-order valence-electron chi connectivity index (χ2n) is 6.37. The van der Waals surface area contributed by atoms with Gasteiger partial charge in [-0.1, -0.05) is 12.1 Å². The normalized spacial score (nSPS) is 14.1. The van der Waals surface area contributed by atoms with Crippen LogP contribution in [-0.4, -0.2) is 57.0 Å². The van der Waals surface area contributed by atoms with Gasteiger partial charge in [-0.25, -0.2) is 15.0 Å². The molecule has 144 valence electrons. The van der Waals surface area contributed by atoms with E-state index in [1.54, 1.807) is 30.6 Å². The highest BCUT2D eigenvalue weighted by molar-refractivity contribution is 7.13. The summed E-state index contributed by atoms with van der Waals surface area (Å²) in [6.07, 6.45) is 3.58. The Hall–Kier alpha value is -3.20. The Morgan fingerprint density at radius 1 is 1.11 bits per heavy atom. The number of benzene rings is 1. The SMILES string of the molecule is O=C(Cc1csc(Nc2ncccn2)n1)N1CCN(c2ccccc2O)CC1. The molecule has 1 aliphatic heterocycles. The topological polar surface area (TPSA) is 94.5 Å². The molecule has 3 aromatic rings. The van der Waals surface area contributed by atoms with E-state index < -0.39 is 0 Å². The van der Waals surface area contributed by atoms with Crippen molar-refractivity contribution in [1.82, 2.24) is 19.9 Å². The number of hydrogen-bond donors (Lipinski definition) is 2. The first-order chi connectivity index (χ1) is 13.7. The molecule has 9 heteroatoms. The Kier molecular flexibility index (Phi) is 5.34. The Bertz CT molecular complexity index is 940. The third-order valence-corrected chi connectivity index (χ3v) is 5.33. The number of piperazine rings is 1. The largest absolute Gasteiger partial charge is 0.506 e. The molecule has 0 atom stereocenters. The van der Waals surface area contributed by atoms with Crippen molar-refractivity contribution in [3.05, 3.63) is 53.8 Å². The van der Waals surface area contributed by atoms with Gasteiger partial charge in [0, 0.05) is 44.0 Å². The number of phenols is 1. The summed E-state index contributed by atoms with van der Waals surface area (Å²) in [4.78, 5) is 29.2. The van der Waals surface area contributed by atoms with Gasteiger partial charge in [0.05, 0.1) is 17.8 Å². The molecule has 1 aromatic carbocycles. The van der Waals surface area contributed by atoms with Crippen molar-refractivity contribution in [3.8, 4) is 5.75 Å². The Morgan fingerprint density at radius 2 is 1.86 bits per heavy atom. The smallest absolute Gasteiger partial charge is 0.228 e. The average Bonchev–Trinajstić information content (AvgIpc) is 3.16. The summed E-state index contributed by atoms with van der Waals surface area (Å²) in [6.45, 7) is 2.64. The maximum Gasteiger partial charge on any atom is 0.228 e. The van der Waals surface area contributed by atoms with Crippen LogP contribution in [0, 0.1) is 0 Å². The fourth-order valence-electron chi connectivity index (χ4n) is 3.10. The number of aromatic nitrogens is 3. The van der Waals surface area contributed by atoms with Gasteiger partial charge in [-0.3, -0.25) is 4.79 Å². The van der Waals surface area contributed by atoms with Crippen LogP contribution in [-0.2, 0) is 11.2 Å². The van der Waals surface area contributed by atoms with Gasteiger partial charge >= 0.3 is 0 Å². The minimum absolute atomic E-state index is 0.0599. The second kappa shape index (κ2) is 8.22. The van der Waals surface area contributed by atoms with Gasteiger partial charge in [0.2, 0.25) is 11.9 Å². The Labute approximate surface area is 166 Å². The Balaban J connectivity index is 1.31. The van der Waals surface area contributed by atoms with E-state index in [4.69, 9.17) is 0 Å². The number of nitrogens with one attached hydrogen (secondary N) is 1. The van der Waals surface area contributed by atoms with Crippen LogP contribution < -0.4 is 10.2 Å².